The molecule has 124 valence electrons. The number of piperidine rings is 1. The van der Waals surface area contributed by atoms with E-state index in [4.69, 9.17) is 11.6 Å². The van der Waals surface area contributed by atoms with E-state index in [2.05, 4.69) is 9.71 Å². The van der Waals surface area contributed by atoms with Gasteiger partial charge in [0.05, 0.1) is 10.3 Å². The highest BCUT2D eigenvalue weighted by molar-refractivity contribution is 7.90. The van der Waals surface area contributed by atoms with E-state index in [1.54, 1.807) is 13.8 Å². The lowest BCUT2D eigenvalue weighted by atomic mass is 9.98. The van der Waals surface area contributed by atoms with Crippen LogP contribution in [0.25, 0.3) is 0 Å². The van der Waals surface area contributed by atoms with E-state index < -0.39 is 21.1 Å². The summed E-state index contributed by atoms with van der Waals surface area (Å²) in [7, 11) is -3.27. The van der Waals surface area contributed by atoms with Gasteiger partial charge in [-0.1, -0.05) is 11.6 Å². The third kappa shape index (κ3) is 4.30. The topological polar surface area (TPSA) is 62.3 Å². The molecule has 1 N–H and O–H groups in total. The third-order valence-corrected chi connectivity index (χ3v) is 5.82. The first-order valence-corrected chi connectivity index (χ1v) is 9.26. The summed E-state index contributed by atoms with van der Waals surface area (Å²) in [5.74, 6) is -0.0316. The summed E-state index contributed by atoms with van der Waals surface area (Å²) < 4.78 is 40.2. The van der Waals surface area contributed by atoms with E-state index in [1.165, 1.54) is 12.3 Å². The highest BCUT2D eigenvalue weighted by atomic mass is 35.5. The zero-order chi connectivity index (χ0) is 16.3. The lowest BCUT2D eigenvalue weighted by Crippen LogP contribution is -2.42. The van der Waals surface area contributed by atoms with Crippen LogP contribution in [0.1, 0.15) is 26.7 Å². The van der Waals surface area contributed by atoms with Crippen molar-refractivity contribution in [2.45, 2.75) is 31.9 Å². The Labute approximate surface area is 135 Å². The van der Waals surface area contributed by atoms with Gasteiger partial charge in [0.25, 0.3) is 0 Å². The molecule has 0 amide bonds. The molecule has 1 aliphatic rings. The minimum atomic E-state index is -3.27. The first-order valence-electron chi connectivity index (χ1n) is 7.34. The van der Waals surface area contributed by atoms with Crippen molar-refractivity contribution in [1.29, 1.82) is 0 Å². The average molecular weight is 350 g/mol. The zero-order valence-electron chi connectivity index (χ0n) is 12.7. The Kier molecular flexibility index (Phi) is 5.63. The highest BCUT2D eigenvalue weighted by Crippen LogP contribution is 2.25. The number of nitrogens with one attached hydrogen (secondary N) is 1. The first-order chi connectivity index (χ1) is 10.3. The summed E-state index contributed by atoms with van der Waals surface area (Å²) in [5, 5.41) is -0.193. The smallest absolute Gasteiger partial charge is 0.213 e. The van der Waals surface area contributed by atoms with Gasteiger partial charge < -0.3 is 4.90 Å². The molecule has 5 nitrogen and oxygen atoms in total. The predicted molar refractivity (Wildman–Crippen MR) is 86.2 cm³/mol. The molecule has 1 aromatic rings. The largest absolute Gasteiger partial charge is 0.354 e. The lowest BCUT2D eigenvalue weighted by Gasteiger charge is -2.33. The van der Waals surface area contributed by atoms with Crippen LogP contribution in [-0.2, 0) is 10.0 Å². The van der Waals surface area contributed by atoms with Crippen LogP contribution in [0.4, 0.5) is 10.2 Å². The lowest BCUT2D eigenvalue weighted by molar-refractivity contribution is 0.405. The van der Waals surface area contributed by atoms with E-state index in [9.17, 15) is 12.8 Å². The molecule has 1 saturated heterocycles. The molecule has 0 unspecified atom stereocenters. The molecular weight excluding hydrogens is 329 g/mol. The van der Waals surface area contributed by atoms with Gasteiger partial charge in [-0.25, -0.2) is 22.5 Å². The maximum Gasteiger partial charge on any atom is 0.213 e. The van der Waals surface area contributed by atoms with Crippen LogP contribution in [0.3, 0.4) is 0 Å². The quantitative estimate of drug-likeness (QED) is 0.886. The molecule has 1 atom stereocenters. The SMILES string of the molecule is CC(C)S(=O)(=O)NC[C@@H]1CCCN(c2ncc(Cl)cc2F)C1. The maximum absolute atomic E-state index is 13.9. The standard InChI is InChI=1S/C14H21ClFN3O2S/c1-10(2)22(20,21)18-7-11-4-3-5-19(9-11)14-13(16)6-12(15)8-17-14/h6,8,10-11,18H,3-5,7,9H2,1-2H3/t11-/m0/s1. The normalized spacial score (nSPS) is 19.7. The zero-order valence-corrected chi connectivity index (χ0v) is 14.3. The Morgan fingerprint density at radius 3 is 2.91 bits per heavy atom. The molecule has 0 bridgehead atoms. The van der Waals surface area contributed by atoms with Gasteiger partial charge in [0, 0.05) is 25.8 Å². The average Bonchev–Trinajstić information content (AvgIpc) is 2.45. The molecule has 2 heterocycles. The Morgan fingerprint density at radius 2 is 2.27 bits per heavy atom. The summed E-state index contributed by atoms with van der Waals surface area (Å²) in [5.41, 5.74) is 0. The van der Waals surface area contributed by atoms with E-state index in [-0.39, 0.29) is 16.8 Å². The monoisotopic (exact) mass is 349 g/mol. The molecule has 0 radical (unpaired) electrons. The Morgan fingerprint density at radius 1 is 1.55 bits per heavy atom. The van der Waals surface area contributed by atoms with E-state index in [1.807, 2.05) is 4.90 Å². The van der Waals surface area contributed by atoms with Crippen molar-refractivity contribution in [2.75, 3.05) is 24.5 Å². The van der Waals surface area contributed by atoms with Crippen molar-refractivity contribution in [1.82, 2.24) is 9.71 Å². The minimum Gasteiger partial charge on any atom is -0.354 e. The summed E-state index contributed by atoms with van der Waals surface area (Å²) >= 11 is 5.72. The van der Waals surface area contributed by atoms with Crippen molar-refractivity contribution in [2.24, 2.45) is 5.92 Å². The van der Waals surface area contributed by atoms with Gasteiger partial charge in [0.1, 0.15) is 0 Å². The number of anilines is 1. The van der Waals surface area contributed by atoms with Crippen LogP contribution in [0.2, 0.25) is 5.02 Å². The fourth-order valence-electron chi connectivity index (χ4n) is 2.46. The van der Waals surface area contributed by atoms with Crippen LogP contribution in [0.5, 0.6) is 0 Å². The molecule has 1 fully saturated rings. The van der Waals surface area contributed by atoms with Gasteiger partial charge in [-0.2, -0.15) is 0 Å². The molecule has 0 aliphatic carbocycles. The van der Waals surface area contributed by atoms with Crippen molar-refractivity contribution >= 4 is 27.4 Å². The third-order valence-electron chi connectivity index (χ3n) is 3.80. The molecule has 22 heavy (non-hydrogen) atoms. The molecule has 1 aromatic heterocycles. The Hall–Kier alpha value is -0.920. The maximum atomic E-state index is 13.9. The predicted octanol–water partition coefficient (Wildman–Crippen LogP) is 2.42. The molecule has 8 heteroatoms. The first kappa shape index (κ1) is 17.4. The number of nitrogens with zero attached hydrogens (tertiary/aromatic N) is 2. The van der Waals surface area contributed by atoms with Gasteiger partial charge in [0.15, 0.2) is 11.6 Å². The molecule has 2 rings (SSSR count). The second-order valence-electron chi connectivity index (χ2n) is 5.86. The van der Waals surface area contributed by atoms with Crippen LogP contribution >= 0.6 is 11.6 Å². The molecule has 0 spiro atoms. The molecule has 0 aromatic carbocycles. The van der Waals surface area contributed by atoms with Gasteiger partial charge in [-0.3, -0.25) is 0 Å². The van der Waals surface area contributed by atoms with E-state index in [0.717, 1.165) is 12.8 Å². The molecule has 0 saturated carbocycles. The number of hydrogen-bond donors (Lipinski definition) is 1. The molecule has 1 aliphatic heterocycles. The number of pyridine rings is 1. The number of halogens is 2. The van der Waals surface area contributed by atoms with Gasteiger partial charge in [0.2, 0.25) is 10.0 Å². The minimum absolute atomic E-state index is 0.138. The van der Waals surface area contributed by atoms with E-state index in [0.29, 0.717) is 19.6 Å². The fourth-order valence-corrected chi connectivity index (χ4v) is 3.41. The van der Waals surface area contributed by atoms with Crippen molar-refractivity contribution in [3.05, 3.63) is 23.1 Å². The van der Waals surface area contributed by atoms with Gasteiger partial charge in [-0.15, -0.1) is 0 Å². The van der Waals surface area contributed by atoms with Crippen molar-refractivity contribution in [3.8, 4) is 0 Å². The number of aromatic nitrogens is 1. The molecular formula is C14H21ClFN3O2S. The number of sulfonamides is 1. The van der Waals surface area contributed by atoms with Crippen LogP contribution in [0.15, 0.2) is 12.3 Å². The highest BCUT2D eigenvalue weighted by Gasteiger charge is 2.25. The van der Waals surface area contributed by atoms with Crippen LogP contribution < -0.4 is 9.62 Å². The summed E-state index contributed by atoms with van der Waals surface area (Å²) in [6.45, 7) is 4.93. The second kappa shape index (κ2) is 7.10. The summed E-state index contributed by atoms with van der Waals surface area (Å²) in [6.07, 6.45) is 3.20. The fraction of sp³-hybridized carbons (Fsp3) is 0.643. The van der Waals surface area contributed by atoms with Crippen molar-refractivity contribution in [3.63, 3.8) is 0 Å². The van der Waals surface area contributed by atoms with Crippen LogP contribution in [0, 0.1) is 11.7 Å². The van der Waals surface area contributed by atoms with E-state index >= 15 is 0 Å². The Bertz CT molecular complexity index is 625. The number of hydrogen-bond acceptors (Lipinski definition) is 4. The van der Waals surface area contributed by atoms with Gasteiger partial charge >= 0.3 is 0 Å². The summed E-state index contributed by atoms with van der Waals surface area (Å²) in [6, 6.07) is 1.25. The summed E-state index contributed by atoms with van der Waals surface area (Å²) in [4.78, 5) is 5.90. The van der Waals surface area contributed by atoms with Crippen molar-refractivity contribution < 1.29 is 12.8 Å². The second-order valence-corrected chi connectivity index (χ2v) is 8.61. The Balaban J connectivity index is 2.00. The van der Waals surface area contributed by atoms with Crippen LogP contribution in [-0.4, -0.2) is 38.3 Å². The number of rotatable bonds is 5. The van der Waals surface area contributed by atoms with Gasteiger partial charge in [-0.05, 0) is 38.7 Å².